The van der Waals surface area contributed by atoms with E-state index >= 15 is 4.79 Å². The van der Waals surface area contributed by atoms with Crippen molar-refractivity contribution in [3.05, 3.63) is 24.4 Å². The Morgan fingerprint density at radius 2 is 1.49 bits per heavy atom. The van der Waals surface area contributed by atoms with Gasteiger partial charge in [-0.1, -0.05) is 53.3 Å². The molecule has 0 radical (unpaired) electrons. The van der Waals surface area contributed by atoms with Crippen LogP contribution in [0.2, 0.25) is 0 Å². The Bertz CT molecular complexity index is 1530. The molecule has 5 aliphatic carbocycles. The molecule has 7 heteroatoms. The van der Waals surface area contributed by atoms with E-state index in [4.69, 9.17) is 4.74 Å². The molecule has 7 aliphatic rings. The molecule has 0 aromatic carbocycles. The quantitative estimate of drug-likeness (QED) is 0.198. The van der Waals surface area contributed by atoms with Crippen molar-refractivity contribution in [3.8, 4) is 0 Å². The van der Waals surface area contributed by atoms with Crippen LogP contribution in [-0.4, -0.2) is 64.5 Å². The lowest BCUT2D eigenvalue weighted by Gasteiger charge is -2.73. The monoisotopic (exact) mass is 733 g/mol. The molecule has 296 valence electrons. The summed E-state index contributed by atoms with van der Waals surface area (Å²) in [5.41, 5.74) is 1.23. The third-order valence-electron chi connectivity index (χ3n) is 18.3. The zero-order valence-electron chi connectivity index (χ0n) is 34.7. The average Bonchev–Trinajstić information content (AvgIpc) is 3.86. The van der Waals surface area contributed by atoms with Crippen molar-refractivity contribution in [1.29, 1.82) is 0 Å². The number of hydrogen-bond donors (Lipinski definition) is 1. The van der Waals surface area contributed by atoms with Crippen LogP contribution >= 0.6 is 0 Å². The van der Waals surface area contributed by atoms with E-state index in [2.05, 4.69) is 64.5 Å². The molecule has 0 bridgehead atoms. The van der Waals surface area contributed by atoms with Gasteiger partial charge in [0.1, 0.15) is 6.10 Å². The minimum absolute atomic E-state index is 0.112. The van der Waals surface area contributed by atoms with Crippen LogP contribution in [0.25, 0.3) is 0 Å². The molecule has 5 saturated carbocycles. The number of nitrogens with zero attached hydrogens (tertiary/aromatic N) is 2. The van der Waals surface area contributed by atoms with Crippen LogP contribution in [0.4, 0.5) is 0 Å². The van der Waals surface area contributed by atoms with E-state index in [0.29, 0.717) is 35.5 Å². The van der Waals surface area contributed by atoms with E-state index in [1.807, 2.05) is 0 Å². The standard InChI is InChI=1S/C46H72N2O5/c1-29(2)31-17-22-46(39(50)48-27-13-14-33(48)30(3)47-25-11-12-26-47)24-23-44(9)32(38(31)46)15-16-35-43(8)20-19-36(53-37(49)28-41(4,5)40(51)52)42(6,7)34(43)18-21-45(35,44)10/h31-36,38H,1,3,11-28H2,2,4-10H3,(H,51,52)/t31-,32+,33-,34-,35+,36-,38+,43-,44+,45+,46-/m0/s1. The summed E-state index contributed by atoms with van der Waals surface area (Å²) in [6, 6.07) is 0.151. The second-order valence-corrected chi connectivity index (χ2v) is 21.4. The summed E-state index contributed by atoms with van der Waals surface area (Å²) >= 11 is 0. The summed E-state index contributed by atoms with van der Waals surface area (Å²) in [5, 5.41) is 9.64. The van der Waals surface area contributed by atoms with E-state index in [1.165, 1.54) is 37.0 Å². The number of esters is 1. The molecule has 0 aromatic heterocycles. The Balaban J connectivity index is 1.15. The number of rotatable bonds is 8. The molecule has 0 unspecified atom stereocenters. The average molecular weight is 733 g/mol. The highest BCUT2D eigenvalue weighted by molar-refractivity contribution is 5.85. The molecule has 2 saturated heterocycles. The van der Waals surface area contributed by atoms with Crippen molar-refractivity contribution in [2.45, 2.75) is 164 Å². The van der Waals surface area contributed by atoms with Gasteiger partial charge in [0.05, 0.1) is 23.3 Å². The number of hydrogen-bond acceptors (Lipinski definition) is 5. The van der Waals surface area contributed by atoms with Gasteiger partial charge in [-0.2, -0.15) is 0 Å². The largest absolute Gasteiger partial charge is 0.481 e. The van der Waals surface area contributed by atoms with Gasteiger partial charge in [0, 0.05) is 30.7 Å². The smallest absolute Gasteiger partial charge is 0.309 e. The number of carbonyl (C=O) groups is 3. The highest BCUT2D eigenvalue weighted by atomic mass is 16.5. The summed E-state index contributed by atoms with van der Waals surface area (Å²) < 4.78 is 6.21. The van der Waals surface area contributed by atoms with Crippen molar-refractivity contribution in [2.24, 2.45) is 62.1 Å². The van der Waals surface area contributed by atoms with Crippen LogP contribution in [-0.2, 0) is 19.1 Å². The molecule has 7 rings (SSSR count). The fourth-order valence-electron chi connectivity index (χ4n) is 15.2. The van der Waals surface area contributed by atoms with Crippen LogP contribution in [0, 0.1) is 62.1 Å². The number of ether oxygens (including phenoxy) is 1. The minimum Gasteiger partial charge on any atom is -0.481 e. The van der Waals surface area contributed by atoms with Crippen molar-refractivity contribution in [1.82, 2.24) is 9.80 Å². The molecule has 2 aliphatic heterocycles. The molecule has 11 atom stereocenters. The summed E-state index contributed by atoms with van der Waals surface area (Å²) in [6.07, 6.45) is 14.9. The second-order valence-electron chi connectivity index (χ2n) is 21.4. The van der Waals surface area contributed by atoms with Gasteiger partial charge in [0.15, 0.2) is 0 Å². The Morgan fingerprint density at radius 3 is 2.15 bits per heavy atom. The number of carbonyl (C=O) groups excluding carboxylic acids is 2. The normalized spacial score (nSPS) is 43.3. The van der Waals surface area contributed by atoms with E-state index in [-0.39, 0.29) is 45.6 Å². The van der Waals surface area contributed by atoms with E-state index in [1.54, 1.807) is 13.8 Å². The van der Waals surface area contributed by atoms with Gasteiger partial charge in [-0.05, 0) is 156 Å². The molecular formula is C46H72N2O5. The third kappa shape index (κ3) is 5.71. The van der Waals surface area contributed by atoms with Crippen LogP contribution < -0.4 is 0 Å². The molecule has 7 fully saturated rings. The van der Waals surface area contributed by atoms with Crippen LogP contribution in [0.15, 0.2) is 24.4 Å². The lowest BCUT2D eigenvalue weighted by atomic mass is 9.32. The van der Waals surface area contributed by atoms with Gasteiger partial charge in [-0.25, -0.2) is 0 Å². The fraction of sp³-hybridized carbons (Fsp3) is 0.848. The zero-order chi connectivity index (χ0) is 38.5. The van der Waals surface area contributed by atoms with Crippen LogP contribution in [0.3, 0.4) is 0 Å². The van der Waals surface area contributed by atoms with Gasteiger partial charge >= 0.3 is 11.9 Å². The first-order chi connectivity index (χ1) is 24.7. The van der Waals surface area contributed by atoms with Gasteiger partial charge in [0.25, 0.3) is 0 Å². The van der Waals surface area contributed by atoms with Crippen LogP contribution in [0.1, 0.15) is 152 Å². The zero-order valence-corrected chi connectivity index (χ0v) is 34.7. The highest BCUT2D eigenvalue weighted by Gasteiger charge is 2.72. The van der Waals surface area contributed by atoms with E-state index in [0.717, 1.165) is 83.8 Å². The van der Waals surface area contributed by atoms with Crippen molar-refractivity contribution < 1.29 is 24.2 Å². The predicted molar refractivity (Wildman–Crippen MR) is 210 cm³/mol. The number of amides is 1. The lowest BCUT2D eigenvalue weighted by Crippen LogP contribution is -2.67. The molecule has 1 amide bonds. The second kappa shape index (κ2) is 13.1. The highest BCUT2D eigenvalue weighted by Crippen LogP contribution is 2.78. The lowest BCUT2D eigenvalue weighted by molar-refractivity contribution is -0.250. The van der Waals surface area contributed by atoms with Gasteiger partial charge in [-0.3, -0.25) is 14.4 Å². The number of carboxylic acid groups (broad SMARTS) is 1. The maximum Gasteiger partial charge on any atom is 0.309 e. The number of aliphatic carboxylic acids is 1. The Morgan fingerprint density at radius 1 is 0.792 bits per heavy atom. The first kappa shape index (κ1) is 38.9. The van der Waals surface area contributed by atoms with E-state index < -0.39 is 17.4 Å². The van der Waals surface area contributed by atoms with Crippen LogP contribution in [0.5, 0.6) is 0 Å². The minimum atomic E-state index is -1.14. The summed E-state index contributed by atoms with van der Waals surface area (Å²) in [5.74, 6) is 1.31. The molecule has 2 heterocycles. The Kier molecular flexibility index (Phi) is 9.65. The molecule has 0 spiro atoms. The summed E-state index contributed by atoms with van der Waals surface area (Å²) in [4.78, 5) is 45.0. The number of fused-ring (bicyclic) bond motifs is 7. The molecule has 1 N–H and O–H groups in total. The topological polar surface area (TPSA) is 87.2 Å². The summed E-state index contributed by atoms with van der Waals surface area (Å²) in [6.45, 7) is 30.2. The number of carboxylic acids is 1. The molecule has 0 aromatic rings. The predicted octanol–water partition coefficient (Wildman–Crippen LogP) is 9.66. The van der Waals surface area contributed by atoms with Gasteiger partial charge in [0.2, 0.25) is 5.91 Å². The first-order valence-corrected chi connectivity index (χ1v) is 21.6. The molecule has 53 heavy (non-hydrogen) atoms. The maximum absolute atomic E-state index is 15.3. The first-order valence-electron chi connectivity index (χ1n) is 21.6. The Hall–Kier alpha value is -2.31. The van der Waals surface area contributed by atoms with Gasteiger partial charge < -0.3 is 19.6 Å². The van der Waals surface area contributed by atoms with Crippen molar-refractivity contribution in [2.75, 3.05) is 19.6 Å². The van der Waals surface area contributed by atoms with Crippen molar-refractivity contribution in [3.63, 3.8) is 0 Å². The van der Waals surface area contributed by atoms with E-state index in [9.17, 15) is 14.7 Å². The molecule has 7 nitrogen and oxygen atoms in total. The fourth-order valence-corrected chi connectivity index (χ4v) is 15.2. The third-order valence-corrected chi connectivity index (χ3v) is 18.3. The number of likely N-dealkylation sites (tertiary alicyclic amines) is 2. The summed E-state index contributed by atoms with van der Waals surface area (Å²) in [7, 11) is 0. The molecular weight excluding hydrogens is 661 g/mol. The maximum atomic E-state index is 15.3. The Labute approximate surface area is 321 Å². The van der Waals surface area contributed by atoms with Crippen molar-refractivity contribution >= 4 is 17.8 Å². The SMILES string of the molecule is C=C(C)[C@@H]1CC[C@]2(C(=O)N3CCC[C@H]3C(=C)N3CCCC3)CC[C@]3(C)[C@H](CC[C@@H]4[C@@]5(C)CC[C@H](OC(=O)CC(C)(C)C(=O)O)C(C)(C)[C@@H]5CC[C@]43C)[C@@H]12. The van der Waals surface area contributed by atoms with Gasteiger partial charge in [-0.15, -0.1) is 0 Å². The number of allylic oxidation sites excluding steroid dienone is 1.